The predicted molar refractivity (Wildman–Crippen MR) is 90.9 cm³/mol. The molecule has 0 saturated carbocycles. The summed E-state index contributed by atoms with van der Waals surface area (Å²) < 4.78 is 0. The van der Waals surface area contributed by atoms with E-state index in [0.717, 1.165) is 37.3 Å². The lowest BCUT2D eigenvalue weighted by Gasteiger charge is -2.14. The second-order valence-corrected chi connectivity index (χ2v) is 6.20. The third-order valence-corrected chi connectivity index (χ3v) is 4.53. The summed E-state index contributed by atoms with van der Waals surface area (Å²) >= 11 is 1.05. The molecule has 9 heteroatoms. The lowest BCUT2D eigenvalue weighted by Crippen LogP contribution is -2.30. The summed E-state index contributed by atoms with van der Waals surface area (Å²) in [6, 6.07) is 3.98. The highest BCUT2D eigenvalue weighted by molar-refractivity contribution is 8.00. The maximum absolute atomic E-state index is 11.9. The van der Waals surface area contributed by atoms with Gasteiger partial charge < -0.3 is 16.4 Å². The van der Waals surface area contributed by atoms with Crippen LogP contribution >= 0.6 is 11.8 Å². The average Bonchev–Trinajstić information content (AvgIpc) is 2.58. The van der Waals surface area contributed by atoms with Crippen LogP contribution in [-0.4, -0.2) is 42.1 Å². The van der Waals surface area contributed by atoms with Gasteiger partial charge in [-0.15, -0.1) is 11.8 Å². The maximum atomic E-state index is 11.9. The van der Waals surface area contributed by atoms with Crippen LogP contribution in [0.15, 0.2) is 34.7 Å². The zero-order chi connectivity index (χ0) is 17.5. The molecule has 0 unspecified atom stereocenters. The Kier molecular flexibility index (Phi) is 6.33. The van der Waals surface area contributed by atoms with Crippen LogP contribution in [0.3, 0.4) is 0 Å². The zero-order valence-electron chi connectivity index (χ0n) is 12.9. The van der Waals surface area contributed by atoms with E-state index in [1.807, 2.05) is 6.08 Å². The Morgan fingerprint density at radius 1 is 1.42 bits per heavy atom. The van der Waals surface area contributed by atoms with Crippen molar-refractivity contribution in [1.82, 2.24) is 10.6 Å². The second-order valence-electron chi connectivity index (χ2n) is 5.19. The van der Waals surface area contributed by atoms with Crippen molar-refractivity contribution in [2.75, 3.05) is 25.4 Å². The van der Waals surface area contributed by atoms with Gasteiger partial charge in [0.1, 0.15) is 0 Å². The van der Waals surface area contributed by atoms with E-state index in [-0.39, 0.29) is 22.9 Å². The molecule has 0 radical (unpaired) electrons. The Hall–Kier alpha value is -2.39. The Bertz CT molecular complexity index is 690. The first-order valence-corrected chi connectivity index (χ1v) is 8.32. The lowest BCUT2D eigenvalue weighted by atomic mass is 10.1. The van der Waals surface area contributed by atoms with Crippen molar-refractivity contribution >= 4 is 29.3 Å². The summed E-state index contributed by atoms with van der Waals surface area (Å²) in [5.41, 5.74) is 6.13. The number of nitrogens with two attached hydrogens (primary N) is 1. The fourth-order valence-electron chi connectivity index (χ4n) is 2.17. The number of carbonyl (C=O) groups excluding carboxylic acids is 2. The monoisotopic (exact) mass is 350 g/mol. The molecule has 0 spiro atoms. The highest BCUT2D eigenvalue weighted by Crippen LogP contribution is 2.29. The number of nitro benzene ring substituents is 1. The first-order chi connectivity index (χ1) is 11.5. The molecule has 0 aliphatic carbocycles. The van der Waals surface area contributed by atoms with E-state index in [4.69, 9.17) is 5.73 Å². The number of thioether (sulfide) groups is 1. The number of rotatable bonds is 7. The minimum absolute atomic E-state index is 0.0578. The van der Waals surface area contributed by atoms with E-state index in [2.05, 4.69) is 10.6 Å². The van der Waals surface area contributed by atoms with Gasteiger partial charge in [-0.1, -0.05) is 11.6 Å². The SMILES string of the molecule is NC(=O)c1ccc(SCC(=O)NCC2=CCNCC2)c([N+](=O)[O-])c1. The first kappa shape index (κ1) is 18.0. The number of benzene rings is 1. The summed E-state index contributed by atoms with van der Waals surface area (Å²) in [4.78, 5) is 33.8. The van der Waals surface area contributed by atoms with Gasteiger partial charge in [0.15, 0.2) is 0 Å². The molecule has 1 aromatic rings. The molecule has 2 rings (SSSR count). The maximum Gasteiger partial charge on any atom is 0.283 e. The molecule has 1 aromatic carbocycles. The number of amides is 2. The van der Waals surface area contributed by atoms with E-state index >= 15 is 0 Å². The molecule has 0 atom stereocenters. The van der Waals surface area contributed by atoms with Crippen LogP contribution in [-0.2, 0) is 4.79 Å². The minimum Gasteiger partial charge on any atom is -0.366 e. The number of nitrogens with zero attached hydrogens (tertiary/aromatic N) is 1. The molecular weight excluding hydrogens is 332 g/mol. The summed E-state index contributed by atoms with van der Waals surface area (Å²) in [5, 5.41) is 17.1. The van der Waals surface area contributed by atoms with Gasteiger partial charge in [0.25, 0.3) is 5.69 Å². The Morgan fingerprint density at radius 2 is 2.21 bits per heavy atom. The molecule has 128 valence electrons. The van der Waals surface area contributed by atoms with Crippen LogP contribution < -0.4 is 16.4 Å². The van der Waals surface area contributed by atoms with Crippen molar-refractivity contribution in [3.05, 3.63) is 45.5 Å². The molecule has 8 nitrogen and oxygen atoms in total. The van der Waals surface area contributed by atoms with Crippen molar-refractivity contribution in [3.8, 4) is 0 Å². The number of primary amides is 1. The van der Waals surface area contributed by atoms with E-state index < -0.39 is 10.8 Å². The van der Waals surface area contributed by atoms with Gasteiger partial charge in [0, 0.05) is 24.7 Å². The molecule has 24 heavy (non-hydrogen) atoms. The van der Waals surface area contributed by atoms with Crippen LogP contribution in [0.25, 0.3) is 0 Å². The first-order valence-electron chi connectivity index (χ1n) is 7.33. The fraction of sp³-hybridized carbons (Fsp3) is 0.333. The van der Waals surface area contributed by atoms with Gasteiger partial charge in [0.05, 0.1) is 15.6 Å². The zero-order valence-corrected chi connectivity index (χ0v) is 13.7. The predicted octanol–water partition coefficient (Wildman–Crippen LogP) is 0.822. The third-order valence-electron chi connectivity index (χ3n) is 3.47. The third kappa shape index (κ3) is 5.07. The Morgan fingerprint density at radius 3 is 2.83 bits per heavy atom. The van der Waals surface area contributed by atoms with Crippen LogP contribution in [0, 0.1) is 10.1 Å². The molecule has 4 N–H and O–H groups in total. The topological polar surface area (TPSA) is 127 Å². The van der Waals surface area contributed by atoms with E-state index in [1.54, 1.807) is 0 Å². The molecule has 0 fully saturated rings. The van der Waals surface area contributed by atoms with Crippen molar-refractivity contribution in [3.63, 3.8) is 0 Å². The van der Waals surface area contributed by atoms with Crippen LogP contribution in [0.4, 0.5) is 5.69 Å². The normalized spacial score (nSPS) is 13.9. The molecule has 1 aliphatic rings. The largest absolute Gasteiger partial charge is 0.366 e. The van der Waals surface area contributed by atoms with E-state index in [9.17, 15) is 19.7 Å². The van der Waals surface area contributed by atoms with Crippen LogP contribution in [0.1, 0.15) is 16.8 Å². The van der Waals surface area contributed by atoms with E-state index in [0.29, 0.717) is 11.4 Å². The molecule has 1 heterocycles. The summed E-state index contributed by atoms with van der Waals surface area (Å²) in [6.07, 6.45) is 2.94. The number of hydrogen-bond acceptors (Lipinski definition) is 6. The molecule has 0 aromatic heterocycles. The smallest absolute Gasteiger partial charge is 0.283 e. The minimum atomic E-state index is -0.734. The summed E-state index contributed by atoms with van der Waals surface area (Å²) in [7, 11) is 0. The van der Waals surface area contributed by atoms with Gasteiger partial charge in [0.2, 0.25) is 11.8 Å². The quantitative estimate of drug-likeness (QED) is 0.289. The molecule has 2 amide bonds. The van der Waals surface area contributed by atoms with Crippen molar-refractivity contribution < 1.29 is 14.5 Å². The highest BCUT2D eigenvalue weighted by Gasteiger charge is 2.18. The molecular formula is C15H18N4O4S. The van der Waals surface area contributed by atoms with Crippen molar-refractivity contribution in [2.45, 2.75) is 11.3 Å². The fourth-order valence-corrected chi connectivity index (χ4v) is 3.01. The van der Waals surface area contributed by atoms with Gasteiger partial charge >= 0.3 is 0 Å². The van der Waals surface area contributed by atoms with Crippen LogP contribution in [0.5, 0.6) is 0 Å². The Labute approximate surface area is 143 Å². The standard InChI is InChI=1S/C15H18N4O4S/c16-15(21)11-1-2-13(12(7-11)19(22)23)24-9-14(20)18-8-10-3-5-17-6-4-10/h1-3,7,17H,4-6,8-9H2,(H2,16,21)(H,18,20). The van der Waals surface area contributed by atoms with Crippen molar-refractivity contribution in [1.29, 1.82) is 0 Å². The number of carbonyl (C=O) groups is 2. The molecule has 0 saturated heterocycles. The summed E-state index contributed by atoms with van der Waals surface area (Å²) in [6.45, 7) is 2.19. The average molecular weight is 350 g/mol. The van der Waals surface area contributed by atoms with Gasteiger partial charge in [-0.25, -0.2) is 0 Å². The Balaban J connectivity index is 1.93. The van der Waals surface area contributed by atoms with Crippen molar-refractivity contribution in [2.24, 2.45) is 5.73 Å². The summed E-state index contributed by atoms with van der Waals surface area (Å²) in [5.74, 6) is -0.877. The number of nitrogens with one attached hydrogen (secondary N) is 2. The lowest BCUT2D eigenvalue weighted by molar-refractivity contribution is -0.387. The van der Waals surface area contributed by atoms with E-state index in [1.165, 1.54) is 17.7 Å². The molecule has 1 aliphatic heterocycles. The van der Waals surface area contributed by atoms with Crippen LogP contribution in [0.2, 0.25) is 0 Å². The van der Waals surface area contributed by atoms with Gasteiger partial charge in [-0.2, -0.15) is 0 Å². The second kappa shape index (κ2) is 8.46. The molecule has 0 bridgehead atoms. The number of hydrogen-bond donors (Lipinski definition) is 3. The van der Waals surface area contributed by atoms with Gasteiger partial charge in [-0.3, -0.25) is 19.7 Å². The highest BCUT2D eigenvalue weighted by atomic mass is 32.2. The number of nitro groups is 1. The van der Waals surface area contributed by atoms with Gasteiger partial charge in [-0.05, 0) is 25.1 Å².